The molecule has 0 aromatic carbocycles. The van der Waals surface area contributed by atoms with Crippen LogP contribution < -0.4 is 5.73 Å². The summed E-state index contributed by atoms with van der Waals surface area (Å²) in [7, 11) is 0. The van der Waals surface area contributed by atoms with E-state index in [1.54, 1.807) is 4.90 Å². The van der Waals surface area contributed by atoms with Crippen molar-refractivity contribution < 1.29 is 18.0 Å². The minimum absolute atomic E-state index is 0.0297. The molecule has 2 fully saturated rings. The fourth-order valence-corrected chi connectivity index (χ4v) is 3.43. The smallest absolute Gasteiger partial charge is 0.340 e. The third kappa shape index (κ3) is 4.57. The number of hydrogen-bond donors (Lipinski definition) is 1. The fourth-order valence-electron chi connectivity index (χ4n) is 3.43. The molecule has 1 saturated carbocycles. The highest BCUT2D eigenvalue weighted by Gasteiger charge is 2.36. The lowest BCUT2D eigenvalue weighted by atomic mass is 9.78. The molecule has 1 aliphatic carbocycles. The van der Waals surface area contributed by atoms with E-state index in [0.29, 0.717) is 32.7 Å². The number of amides is 1. The van der Waals surface area contributed by atoms with Gasteiger partial charge in [-0.05, 0) is 25.3 Å². The molecular weight excluding hydrogens is 283 g/mol. The number of carbonyl (C=O) groups excluding carboxylic acids is 1. The molecule has 0 aromatic rings. The average molecular weight is 307 g/mol. The van der Waals surface area contributed by atoms with Crippen molar-refractivity contribution >= 4 is 5.91 Å². The van der Waals surface area contributed by atoms with Crippen molar-refractivity contribution in [2.24, 2.45) is 17.6 Å². The molecule has 1 amide bonds. The summed E-state index contributed by atoms with van der Waals surface area (Å²) in [6, 6.07) is 0. The highest BCUT2D eigenvalue weighted by Crippen LogP contribution is 2.31. The molecule has 2 atom stereocenters. The maximum Gasteiger partial charge on any atom is 0.401 e. The Hall–Kier alpha value is -0.820. The van der Waals surface area contributed by atoms with Gasteiger partial charge in [-0.3, -0.25) is 9.69 Å². The van der Waals surface area contributed by atoms with Crippen LogP contribution in [0.1, 0.15) is 25.7 Å². The lowest BCUT2D eigenvalue weighted by Crippen LogP contribution is -2.53. The molecule has 2 N–H and O–H groups in total. The number of hydrogen-bond acceptors (Lipinski definition) is 3. The van der Waals surface area contributed by atoms with Gasteiger partial charge in [0.2, 0.25) is 5.91 Å². The van der Waals surface area contributed by atoms with Gasteiger partial charge < -0.3 is 10.6 Å². The minimum Gasteiger partial charge on any atom is -0.340 e. The van der Waals surface area contributed by atoms with Crippen molar-refractivity contribution in [1.82, 2.24) is 9.80 Å². The monoisotopic (exact) mass is 307 g/mol. The quantitative estimate of drug-likeness (QED) is 0.859. The Balaban J connectivity index is 1.85. The van der Waals surface area contributed by atoms with Crippen LogP contribution in [0.3, 0.4) is 0 Å². The summed E-state index contributed by atoms with van der Waals surface area (Å²) in [6.45, 7) is 1.01. The van der Waals surface area contributed by atoms with Gasteiger partial charge in [0.15, 0.2) is 0 Å². The van der Waals surface area contributed by atoms with E-state index >= 15 is 0 Å². The Labute approximate surface area is 123 Å². The topological polar surface area (TPSA) is 49.6 Å². The number of nitrogens with zero attached hydrogens (tertiary/aromatic N) is 2. The van der Waals surface area contributed by atoms with Gasteiger partial charge in [-0.25, -0.2) is 0 Å². The number of halogens is 3. The molecule has 2 unspecified atom stereocenters. The number of rotatable bonds is 3. The molecule has 1 aliphatic heterocycles. The van der Waals surface area contributed by atoms with E-state index in [2.05, 4.69) is 0 Å². The van der Waals surface area contributed by atoms with E-state index in [-0.39, 0.29) is 17.7 Å². The summed E-state index contributed by atoms with van der Waals surface area (Å²) in [5, 5.41) is 0. The molecule has 4 nitrogen and oxygen atoms in total. The van der Waals surface area contributed by atoms with Crippen LogP contribution in [0.15, 0.2) is 0 Å². The summed E-state index contributed by atoms with van der Waals surface area (Å²) in [5.74, 6) is 0.300. The molecule has 1 saturated heterocycles. The van der Waals surface area contributed by atoms with E-state index in [0.717, 1.165) is 25.7 Å². The van der Waals surface area contributed by atoms with Crippen LogP contribution in [0.25, 0.3) is 0 Å². The zero-order chi connectivity index (χ0) is 15.5. The molecule has 2 rings (SSSR count). The highest BCUT2D eigenvalue weighted by atomic mass is 19.4. The van der Waals surface area contributed by atoms with E-state index in [1.807, 2.05) is 0 Å². The van der Waals surface area contributed by atoms with Crippen LogP contribution in [0, 0.1) is 11.8 Å². The molecule has 0 aromatic heterocycles. The second-order valence-electron chi connectivity index (χ2n) is 6.10. The number of nitrogens with two attached hydrogens (primary N) is 1. The summed E-state index contributed by atoms with van der Waals surface area (Å²) < 4.78 is 37.0. The van der Waals surface area contributed by atoms with Crippen LogP contribution in [0.5, 0.6) is 0 Å². The first-order chi connectivity index (χ1) is 9.90. The maximum atomic E-state index is 12.5. The molecule has 0 spiro atoms. The molecule has 7 heteroatoms. The maximum absolute atomic E-state index is 12.5. The normalized spacial score (nSPS) is 28.7. The largest absolute Gasteiger partial charge is 0.401 e. The van der Waals surface area contributed by atoms with Crippen molar-refractivity contribution in [2.45, 2.75) is 31.9 Å². The standard InChI is InChI=1S/C14H24F3N3O/c15-14(16,17)10-19-5-7-20(8-6-19)13(21)12-4-2-1-3-11(12)9-18/h11-12H,1-10,18H2. The van der Waals surface area contributed by atoms with Gasteiger partial charge in [-0.1, -0.05) is 12.8 Å². The van der Waals surface area contributed by atoms with Gasteiger partial charge >= 0.3 is 6.18 Å². The van der Waals surface area contributed by atoms with Crippen molar-refractivity contribution in [2.75, 3.05) is 39.3 Å². The number of piperazine rings is 1. The van der Waals surface area contributed by atoms with Crippen LogP contribution in [0.2, 0.25) is 0 Å². The summed E-state index contributed by atoms with van der Waals surface area (Å²) >= 11 is 0. The van der Waals surface area contributed by atoms with E-state index < -0.39 is 12.7 Å². The van der Waals surface area contributed by atoms with Crippen LogP contribution in [0.4, 0.5) is 13.2 Å². The van der Waals surface area contributed by atoms with Crippen molar-refractivity contribution in [3.63, 3.8) is 0 Å². The second-order valence-corrected chi connectivity index (χ2v) is 6.10. The van der Waals surface area contributed by atoms with Crippen LogP contribution in [-0.2, 0) is 4.79 Å². The molecular formula is C14H24F3N3O. The zero-order valence-corrected chi connectivity index (χ0v) is 12.2. The third-order valence-electron chi connectivity index (χ3n) is 4.62. The number of alkyl halides is 3. The SMILES string of the molecule is NCC1CCCCC1C(=O)N1CCN(CC(F)(F)F)CC1. The molecule has 122 valence electrons. The first-order valence-electron chi connectivity index (χ1n) is 7.68. The Bertz CT molecular complexity index is 354. The average Bonchev–Trinajstić information content (AvgIpc) is 2.45. The first-order valence-corrected chi connectivity index (χ1v) is 7.68. The van der Waals surface area contributed by atoms with E-state index in [9.17, 15) is 18.0 Å². The Morgan fingerprint density at radius 2 is 1.71 bits per heavy atom. The van der Waals surface area contributed by atoms with Crippen molar-refractivity contribution in [3.8, 4) is 0 Å². The van der Waals surface area contributed by atoms with Gasteiger partial charge in [-0.2, -0.15) is 13.2 Å². The Morgan fingerprint density at radius 1 is 1.10 bits per heavy atom. The molecule has 1 heterocycles. The lowest BCUT2D eigenvalue weighted by Gasteiger charge is -2.39. The third-order valence-corrected chi connectivity index (χ3v) is 4.62. The summed E-state index contributed by atoms with van der Waals surface area (Å²) in [5.41, 5.74) is 5.75. The van der Waals surface area contributed by atoms with Gasteiger partial charge in [0.25, 0.3) is 0 Å². The molecule has 2 aliphatic rings. The lowest BCUT2D eigenvalue weighted by molar-refractivity contribution is -0.153. The Kier molecular flexibility index (Phi) is 5.48. The van der Waals surface area contributed by atoms with Crippen LogP contribution >= 0.6 is 0 Å². The van der Waals surface area contributed by atoms with Crippen LogP contribution in [-0.4, -0.2) is 61.2 Å². The van der Waals surface area contributed by atoms with Crippen molar-refractivity contribution in [1.29, 1.82) is 0 Å². The van der Waals surface area contributed by atoms with Gasteiger partial charge in [-0.15, -0.1) is 0 Å². The van der Waals surface area contributed by atoms with Gasteiger partial charge in [0, 0.05) is 32.1 Å². The Morgan fingerprint density at radius 3 is 2.29 bits per heavy atom. The first kappa shape index (κ1) is 16.5. The predicted octanol–water partition coefficient (Wildman–Crippen LogP) is 1.46. The second kappa shape index (κ2) is 6.96. The van der Waals surface area contributed by atoms with E-state index in [4.69, 9.17) is 5.73 Å². The summed E-state index contributed by atoms with van der Waals surface area (Å²) in [4.78, 5) is 15.6. The van der Waals surface area contributed by atoms with Crippen molar-refractivity contribution in [3.05, 3.63) is 0 Å². The van der Waals surface area contributed by atoms with Gasteiger partial charge in [0.1, 0.15) is 0 Å². The predicted molar refractivity (Wildman–Crippen MR) is 73.6 cm³/mol. The fraction of sp³-hybridized carbons (Fsp3) is 0.929. The number of carbonyl (C=O) groups is 1. The molecule has 0 radical (unpaired) electrons. The zero-order valence-electron chi connectivity index (χ0n) is 12.2. The van der Waals surface area contributed by atoms with Gasteiger partial charge in [0.05, 0.1) is 6.54 Å². The summed E-state index contributed by atoms with van der Waals surface area (Å²) in [6.07, 6.45) is -0.156. The molecule has 0 bridgehead atoms. The minimum atomic E-state index is -4.17. The molecule has 21 heavy (non-hydrogen) atoms. The van der Waals surface area contributed by atoms with E-state index in [1.165, 1.54) is 4.90 Å². The highest BCUT2D eigenvalue weighted by molar-refractivity contribution is 5.79.